The number of methoxy groups -OCH3 is 1. The van der Waals surface area contributed by atoms with Gasteiger partial charge in [-0.15, -0.1) is 28.6 Å². The van der Waals surface area contributed by atoms with Gasteiger partial charge in [0.05, 0.1) is 17.4 Å². The topological polar surface area (TPSA) is 206 Å². The van der Waals surface area contributed by atoms with Crippen LogP contribution in [0.25, 0.3) is 0 Å². The largest absolute Gasteiger partial charge is 0.543 e. The van der Waals surface area contributed by atoms with Crippen molar-refractivity contribution in [2.45, 2.75) is 22.3 Å². The van der Waals surface area contributed by atoms with Crippen LogP contribution in [0.1, 0.15) is 0 Å². The number of hydrogen-bond acceptors (Lipinski definition) is 13. The van der Waals surface area contributed by atoms with Crippen molar-refractivity contribution in [3.8, 4) is 0 Å². The maximum absolute atomic E-state index is 13.0. The molecule has 2 aliphatic heterocycles. The molecular weight excluding hydrogens is 498 g/mol. The fraction of sp³-hybridized carbons (Fsp3) is 0.562. The molecule has 0 saturated carbocycles. The average molecular weight is 519 g/mol. The molecule has 3 rings (SSSR count). The lowest BCUT2D eigenvalue weighted by atomic mass is 9.98. The summed E-state index contributed by atoms with van der Waals surface area (Å²) < 4.78 is 6.78. The van der Waals surface area contributed by atoms with Crippen LogP contribution in [0.2, 0.25) is 0 Å². The first-order valence-corrected chi connectivity index (χ1v) is 12.5. The maximum atomic E-state index is 13.0. The number of carbonyl (C=O) groups excluding carboxylic acids is 3. The number of thioether (sulfide) groups is 3. The Morgan fingerprint density at radius 3 is 2.79 bits per heavy atom. The highest BCUT2D eigenvalue weighted by atomic mass is 32.2. The zero-order valence-corrected chi connectivity index (χ0v) is 19.9. The van der Waals surface area contributed by atoms with Crippen molar-refractivity contribution in [1.29, 1.82) is 0 Å². The van der Waals surface area contributed by atoms with Gasteiger partial charge in [0.15, 0.2) is 0 Å². The van der Waals surface area contributed by atoms with Crippen LogP contribution in [0, 0.1) is 0 Å². The SMILES string of the molecule is CO[C@@]1(NC(=O)CSC[C@@H](N)C(=O)O)C(=O)N2C(C(=O)[O-])=C(CSc3nnnn3C)CS[C@@H]21. The molecular formula is C16H20N7O7S3-. The highest BCUT2D eigenvalue weighted by molar-refractivity contribution is 8.01. The molecule has 0 radical (unpaired) electrons. The molecule has 0 bridgehead atoms. The number of carboxylic acids is 2. The molecule has 1 aromatic heterocycles. The summed E-state index contributed by atoms with van der Waals surface area (Å²) in [5.41, 5.74) is 3.84. The lowest BCUT2D eigenvalue weighted by Crippen LogP contribution is -2.81. The molecule has 33 heavy (non-hydrogen) atoms. The van der Waals surface area contributed by atoms with E-state index in [-0.39, 0.29) is 28.7 Å². The number of carboxylic acid groups (broad SMARTS) is 2. The number of tetrazole rings is 1. The summed E-state index contributed by atoms with van der Waals surface area (Å²) in [6.45, 7) is 0. The smallest absolute Gasteiger partial charge is 0.321 e. The molecule has 0 spiro atoms. The molecule has 0 aromatic carbocycles. The second-order valence-electron chi connectivity index (χ2n) is 6.90. The van der Waals surface area contributed by atoms with E-state index >= 15 is 0 Å². The molecule has 3 atom stereocenters. The Bertz CT molecular complexity index is 1000. The number of rotatable bonds is 11. The first-order valence-electron chi connectivity index (χ1n) is 9.28. The van der Waals surface area contributed by atoms with Gasteiger partial charge in [0.25, 0.3) is 11.6 Å². The molecule has 14 nitrogen and oxygen atoms in total. The monoisotopic (exact) mass is 518 g/mol. The number of nitrogens with two attached hydrogens (primary N) is 1. The fourth-order valence-corrected chi connectivity index (χ4v) is 6.33. The normalized spacial score (nSPS) is 23.1. The summed E-state index contributed by atoms with van der Waals surface area (Å²) in [4.78, 5) is 49.1. The van der Waals surface area contributed by atoms with Crippen molar-refractivity contribution < 1.29 is 34.1 Å². The van der Waals surface area contributed by atoms with Crippen LogP contribution in [0.15, 0.2) is 16.4 Å². The third-order valence-electron chi connectivity index (χ3n) is 4.75. The molecule has 1 aromatic rings. The van der Waals surface area contributed by atoms with Gasteiger partial charge in [-0.25, -0.2) is 4.68 Å². The van der Waals surface area contributed by atoms with Gasteiger partial charge in [0.2, 0.25) is 11.1 Å². The number of aromatic nitrogens is 4. The van der Waals surface area contributed by atoms with Crippen molar-refractivity contribution in [3.63, 3.8) is 0 Å². The van der Waals surface area contributed by atoms with Gasteiger partial charge in [-0.3, -0.25) is 19.3 Å². The fourth-order valence-electron chi connectivity index (χ4n) is 3.13. The number of carbonyl (C=O) groups is 4. The van der Waals surface area contributed by atoms with Crippen LogP contribution in [0.4, 0.5) is 0 Å². The zero-order valence-electron chi connectivity index (χ0n) is 17.4. The second kappa shape index (κ2) is 10.3. The highest BCUT2D eigenvalue weighted by Gasteiger charge is 2.65. The Morgan fingerprint density at radius 2 is 2.21 bits per heavy atom. The minimum atomic E-state index is -1.75. The third kappa shape index (κ3) is 4.96. The van der Waals surface area contributed by atoms with E-state index in [0.29, 0.717) is 10.7 Å². The van der Waals surface area contributed by atoms with Gasteiger partial charge in [0, 0.05) is 31.4 Å². The molecule has 2 aliphatic rings. The number of β-lactam (4-membered cyclic amide) rings is 1. The van der Waals surface area contributed by atoms with Gasteiger partial charge < -0.3 is 30.8 Å². The van der Waals surface area contributed by atoms with Gasteiger partial charge in [-0.2, -0.15) is 0 Å². The predicted octanol–water partition coefficient (Wildman–Crippen LogP) is -3.17. The molecule has 0 unspecified atom stereocenters. The third-order valence-corrected chi connectivity index (χ3v) is 8.29. The maximum Gasteiger partial charge on any atom is 0.321 e. The predicted molar refractivity (Wildman–Crippen MR) is 115 cm³/mol. The number of hydrogen-bond donors (Lipinski definition) is 3. The number of nitrogens with one attached hydrogen (secondary N) is 1. The van der Waals surface area contributed by atoms with Crippen molar-refractivity contribution in [2.75, 3.05) is 30.1 Å². The van der Waals surface area contributed by atoms with Crippen LogP contribution in [0.5, 0.6) is 0 Å². The molecule has 1 saturated heterocycles. The molecule has 4 N–H and O–H groups in total. The summed E-state index contributed by atoms with van der Waals surface area (Å²) >= 11 is 3.43. The quantitative estimate of drug-likeness (QED) is 0.150. The molecule has 180 valence electrons. The lowest BCUT2D eigenvalue weighted by molar-refractivity contribution is -0.302. The molecule has 0 aliphatic carbocycles. The molecule has 3 heterocycles. The summed E-state index contributed by atoms with van der Waals surface area (Å²) in [6, 6.07) is -1.13. The lowest BCUT2D eigenvalue weighted by Gasteiger charge is -2.56. The van der Waals surface area contributed by atoms with Crippen molar-refractivity contribution >= 4 is 59.0 Å². The highest BCUT2D eigenvalue weighted by Crippen LogP contribution is 2.47. The first kappa shape index (κ1) is 25.3. The summed E-state index contributed by atoms with van der Waals surface area (Å²) in [6.07, 6.45) is 0. The van der Waals surface area contributed by atoms with E-state index in [9.17, 15) is 24.3 Å². The molecule has 17 heteroatoms. The zero-order chi connectivity index (χ0) is 24.3. The van der Waals surface area contributed by atoms with Gasteiger partial charge in [-0.1, -0.05) is 11.8 Å². The Balaban J connectivity index is 1.70. The van der Waals surface area contributed by atoms with E-state index in [1.165, 1.54) is 35.3 Å². The number of fused-ring (bicyclic) bond motifs is 1. The minimum Gasteiger partial charge on any atom is -0.543 e. The van der Waals surface area contributed by atoms with E-state index < -0.39 is 40.9 Å². The number of nitrogens with zero attached hydrogens (tertiary/aromatic N) is 5. The van der Waals surface area contributed by atoms with Crippen molar-refractivity contribution in [3.05, 3.63) is 11.3 Å². The van der Waals surface area contributed by atoms with Crippen molar-refractivity contribution in [1.82, 2.24) is 30.4 Å². The Morgan fingerprint density at radius 1 is 1.48 bits per heavy atom. The van der Waals surface area contributed by atoms with Crippen LogP contribution in [-0.2, 0) is 31.0 Å². The van der Waals surface area contributed by atoms with E-state index in [1.807, 2.05) is 0 Å². The van der Waals surface area contributed by atoms with Crippen LogP contribution < -0.4 is 16.2 Å². The minimum absolute atomic E-state index is 0.000617. The molecule has 2 amide bonds. The first-order chi connectivity index (χ1) is 15.6. The number of ether oxygens (including phenoxy) is 1. The van der Waals surface area contributed by atoms with E-state index in [2.05, 4.69) is 20.8 Å². The molecule has 1 fully saturated rings. The summed E-state index contributed by atoms with van der Waals surface area (Å²) in [5, 5.41) is 33.9. The summed E-state index contributed by atoms with van der Waals surface area (Å²) in [5.74, 6) is -3.73. The number of aryl methyl sites for hydroxylation is 1. The number of amides is 2. The Labute approximate surface area is 200 Å². The van der Waals surface area contributed by atoms with E-state index in [1.54, 1.807) is 7.05 Å². The van der Waals surface area contributed by atoms with Gasteiger partial charge in [0.1, 0.15) is 11.4 Å². The average Bonchev–Trinajstić information content (AvgIpc) is 3.19. The van der Waals surface area contributed by atoms with Gasteiger partial charge in [-0.05, 0) is 16.0 Å². The van der Waals surface area contributed by atoms with Crippen LogP contribution in [-0.4, -0.2) is 101 Å². The Hall–Kier alpha value is -2.34. The van der Waals surface area contributed by atoms with Crippen LogP contribution in [0.3, 0.4) is 0 Å². The summed E-state index contributed by atoms with van der Waals surface area (Å²) in [7, 11) is 2.88. The number of aliphatic carboxylic acids is 2. The van der Waals surface area contributed by atoms with Crippen molar-refractivity contribution in [2.24, 2.45) is 12.8 Å². The van der Waals surface area contributed by atoms with Crippen LogP contribution >= 0.6 is 35.3 Å². The van der Waals surface area contributed by atoms with E-state index in [0.717, 1.165) is 16.7 Å². The standard InChI is InChI=1S/C16H21N7O7S3/c1-22-15(19-20-21-22)33-4-7-3-32-14-16(30-2,13(29)23(14)10(7)12(27)28)18-9(24)6-31-5-8(17)11(25)26/h8,14H,3-6,17H2,1-2H3,(H,18,24)(H,25,26)(H,27,28)/p-1/t8-,14-,16+/m1/s1. The van der Waals surface area contributed by atoms with E-state index in [4.69, 9.17) is 15.6 Å². The second-order valence-corrected chi connectivity index (χ2v) is 9.94. The Kier molecular flexibility index (Phi) is 7.88. The van der Waals surface area contributed by atoms with Gasteiger partial charge >= 0.3 is 5.97 Å².